The molecule has 1 heterocycles. The Kier molecular flexibility index (Phi) is 10.6. The molecule has 0 bridgehead atoms. The first-order valence-electron chi connectivity index (χ1n) is 8.92. The minimum atomic E-state index is 0. The second-order valence-corrected chi connectivity index (χ2v) is 7.89. The molecule has 0 aliphatic heterocycles. The van der Waals surface area contributed by atoms with Gasteiger partial charge in [-0.25, -0.2) is 9.98 Å². The predicted octanol–water partition coefficient (Wildman–Crippen LogP) is 3.49. The molecule has 2 unspecified atom stereocenters. The minimum absolute atomic E-state index is 0. The molecule has 2 rings (SSSR count). The largest absolute Gasteiger partial charge is 0.363 e. The third kappa shape index (κ3) is 7.60. The molecule has 7 heteroatoms. The van der Waals surface area contributed by atoms with E-state index in [1.807, 2.05) is 37.2 Å². The van der Waals surface area contributed by atoms with Crippen molar-refractivity contribution in [1.82, 2.24) is 15.6 Å². The van der Waals surface area contributed by atoms with Gasteiger partial charge >= 0.3 is 0 Å². The molecule has 0 aromatic carbocycles. The van der Waals surface area contributed by atoms with Gasteiger partial charge in [0, 0.05) is 31.9 Å². The van der Waals surface area contributed by atoms with Gasteiger partial charge in [0.1, 0.15) is 5.82 Å². The molecule has 1 aromatic rings. The quantitative estimate of drug-likeness (QED) is 0.358. The van der Waals surface area contributed by atoms with Crippen LogP contribution in [0.25, 0.3) is 0 Å². The monoisotopic (exact) mass is 477 g/mol. The second-order valence-electron chi connectivity index (χ2n) is 6.31. The number of hydrogen-bond acceptors (Lipinski definition) is 4. The number of nitrogens with one attached hydrogen (secondary N) is 2. The van der Waals surface area contributed by atoms with Gasteiger partial charge < -0.3 is 15.5 Å². The van der Waals surface area contributed by atoms with Crippen LogP contribution in [0.2, 0.25) is 0 Å². The summed E-state index contributed by atoms with van der Waals surface area (Å²) in [4.78, 5) is 11.4. The topological polar surface area (TPSA) is 52.6 Å². The fourth-order valence-corrected chi connectivity index (χ4v) is 4.08. The lowest BCUT2D eigenvalue weighted by atomic mass is 10.2. The number of hydrogen-bond donors (Lipinski definition) is 2. The van der Waals surface area contributed by atoms with Gasteiger partial charge in [-0.2, -0.15) is 11.8 Å². The van der Waals surface area contributed by atoms with Gasteiger partial charge in [0.25, 0.3) is 0 Å². The van der Waals surface area contributed by atoms with Crippen molar-refractivity contribution in [2.75, 3.05) is 31.3 Å². The molecule has 5 nitrogen and oxygen atoms in total. The van der Waals surface area contributed by atoms with Crippen molar-refractivity contribution in [3.63, 3.8) is 0 Å². The smallest absolute Gasteiger partial charge is 0.191 e. The molecule has 2 atom stereocenters. The molecule has 0 saturated heterocycles. The maximum atomic E-state index is 4.73. The van der Waals surface area contributed by atoms with Crippen molar-refractivity contribution in [1.29, 1.82) is 0 Å². The van der Waals surface area contributed by atoms with Crippen LogP contribution in [-0.2, 0) is 6.54 Å². The third-order valence-electron chi connectivity index (χ3n) is 4.12. The van der Waals surface area contributed by atoms with Crippen molar-refractivity contribution >= 4 is 47.5 Å². The van der Waals surface area contributed by atoms with E-state index in [0.29, 0.717) is 12.6 Å². The summed E-state index contributed by atoms with van der Waals surface area (Å²) in [6.45, 7) is 5.81. The standard InChI is InChI=1S/C18H31N5S.HI/c1-5-19-18(22-14-10-11-16(12-14)24-6-2)20-13-15-8-7-9-17(21-15)23(3)4;/h7-9,14,16H,5-6,10-13H2,1-4H3,(H2,19,20,22);1H. The van der Waals surface area contributed by atoms with Crippen LogP contribution in [-0.4, -0.2) is 48.6 Å². The third-order valence-corrected chi connectivity index (χ3v) is 5.35. The highest BCUT2D eigenvalue weighted by atomic mass is 127. The van der Waals surface area contributed by atoms with Crippen LogP contribution in [0, 0.1) is 0 Å². The normalized spacial score (nSPS) is 20.1. The summed E-state index contributed by atoms with van der Waals surface area (Å²) in [6, 6.07) is 6.62. The maximum Gasteiger partial charge on any atom is 0.191 e. The van der Waals surface area contributed by atoms with E-state index in [1.54, 1.807) is 0 Å². The molecule has 142 valence electrons. The van der Waals surface area contributed by atoms with E-state index in [2.05, 4.69) is 41.2 Å². The van der Waals surface area contributed by atoms with Gasteiger partial charge in [-0.05, 0) is 44.1 Å². The zero-order chi connectivity index (χ0) is 17.4. The van der Waals surface area contributed by atoms with E-state index in [1.165, 1.54) is 25.0 Å². The molecule has 1 aliphatic carbocycles. The highest BCUT2D eigenvalue weighted by molar-refractivity contribution is 14.0. The molecule has 25 heavy (non-hydrogen) atoms. The Hall–Kier alpha value is -0.700. The SMILES string of the molecule is CCNC(=NCc1cccc(N(C)C)n1)NC1CCC(SCC)C1.I. The van der Waals surface area contributed by atoms with Crippen LogP contribution in [0.4, 0.5) is 5.82 Å². The summed E-state index contributed by atoms with van der Waals surface area (Å²) >= 11 is 2.08. The van der Waals surface area contributed by atoms with Crippen molar-refractivity contribution in [3.8, 4) is 0 Å². The van der Waals surface area contributed by atoms with Gasteiger partial charge in [0.05, 0.1) is 12.2 Å². The van der Waals surface area contributed by atoms with E-state index in [9.17, 15) is 0 Å². The molecule has 1 fully saturated rings. The second kappa shape index (κ2) is 11.8. The molecule has 0 spiro atoms. The average Bonchev–Trinajstić information content (AvgIpc) is 3.00. The van der Waals surface area contributed by atoms with E-state index < -0.39 is 0 Å². The summed E-state index contributed by atoms with van der Waals surface area (Å²) < 4.78 is 0. The molecular weight excluding hydrogens is 445 g/mol. The Balaban J connectivity index is 0.00000312. The van der Waals surface area contributed by atoms with Crippen molar-refractivity contribution < 1.29 is 0 Å². The van der Waals surface area contributed by atoms with E-state index in [0.717, 1.165) is 29.3 Å². The van der Waals surface area contributed by atoms with Gasteiger partial charge in [0.2, 0.25) is 0 Å². The number of aliphatic imine (C=N–C) groups is 1. The average molecular weight is 477 g/mol. The first-order valence-corrected chi connectivity index (χ1v) is 9.97. The first-order chi connectivity index (χ1) is 11.6. The molecule has 1 saturated carbocycles. The lowest BCUT2D eigenvalue weighted by Gasteiger charge is -2.17. The van der Waals surface area contributed by atoms with Crippen LogP contribution in [0.1, 0.15) is 38.8 Å². The van der Waals surface area contributed by atoms with E-state index in [4.69, 9.17) is 4.99 Å². The zero-order valence-corrected chi connectivity index (χ0v) is 18.9. The van der Waals surface area contributed by atoms with Crippen LogP contribution in [0.5, 0.6) is 0 Å². The Morgan fingerprint density at radius 2 is 2.12 bits per heavy atom. The van der Waals surface area contributed by atoms with Gasteiger partial charge in [-0.1, -0.05) is 13.0 Å². The van der Waals surface area contributed by atoms with Crippen LogP contribution < -0.4 is 15.5 Å². The maximum absolute atomic E-state index is 4.73. The zero-order valence-electron chi connectivity index (χ0n) is 15.8. The number of nitrogens with zero attached hydrogens (tertiary/aromatic N) is 3. The summed E-state index contributed by atoms with van der Waals surface area (Å²) in [7, 11) is 4.01. The highest BCUT2D eigenvalue weighted by Gasteiger charge is 2.25. The summed E-state index contributed by atoms with van der Waals surface area (Å²) in [5.41, 5.74) is 0.990. The van der Waals surface area contributed by atoms with Gasteiger partial charge in [-0.3, -0.25) is 0 Å². The fraction of sp³-hybridized carbons (Fsp3) is 0.667. The number of aromatic nitrogens is 1. The number of anilines is 1. The van der Waals surface area contributed by atoms with Crippen LogP contribution >= 0.6 is 35.7 Å². The molecule has 2 N–H and O–H groups in total. The number of halogens is 1. The number of thioether (sulfide) groups is 1. The Bertz CT molecular complexity index is 538. The minimum Gasteiger partial charge on any atom is -0.363 e. The number of rotatable bonds is 7. The van der Waals surface area contributed by atoms with Gasteiger partial charge in [-0.15, -0.1) is 24.0 Å². The number of pyridine rings is 1. The molecular formula is C18H32IN5S. The molecule has 0 radical (unpaired) electrons. The first kappa shape index (κ1) is 22.3. The van der Waals surface area contributed by atoms with E-state index in [-0.39, 0.29) is 24.0 Å². The number of guanidine groups is 1. The van der Waals surface area contributed by atoms with E-state index >= 15 is 0 Å². The van der Waals surface area contributed by atoms with Crippen molar-refractivity contribution in [3.05, 3.63) is 23.9 Å². The Morgan fingerprint density at radius 1 is 1.32 bits per heavy atom. The summed E-state index contributed by atoms with van der Waals surface area (Å²) in [6.07, 6.45) is 3.77. The highest BCUT2D eigenvalue weighted by Crippen LogP contribution is 2.29. The van der Waals surface area contributed by atoms with Crippen LogP contribution in [0.15, 0.2) is 23.2 Å². The summed E-state index contributed by atoms with van der Waals surface area (Å²) in [5, 5.41) is 7.76. The summed E-state index contributed by atoms with van der Waals surface area (Å²) in [5.74, 6) is 3.08. The molecule has 1 aliphatic rings. The lowest BCUT2D eigenvalue weighted by Crippen LogP contribution is -2.42. The van der Waals surface area contributed by atoms with Crippen LogP contribution in [0.3, 0.4) is 0 Å². The molecule has 1 aromatic heterocycles. The lowest BCUT2D eigenvalue weighted by molar-refractivity contribution is 0.614. The Labute approximate surface area is 173 Å². The Morgan fingerprint density at radius 3 is 2.80 bits per heavy atom. The van der Waals surface area contributed by atoms with Crippen molar-refractivity contribution in [2.45, 2.75) is 50.9 Å². The van der Waals surface area contributed by atoms with Gasteiger partial charge in [0.15, 0.2) is 5.96 Å². The predicted molar refractivity (Wildman–Crippen MR) is 121 cm³/mol. The van der Waals surface area contributed by atoms with Crippen molar-refractivity contribution in [2.24, 2.45) is 4.99 Å². The fourth-order valence-electron chi connectivity index (χ4n) is 2.94. The molecule has 0 amide bonds.